The predicted octanol–water partition coefficient (Wildman–Crippen LogP) is 2.32. The Labute approximate surface area is 97.9 Å². The Balaban J connectivity index is 3.01. The third-order valence-corrected chi connectivity index (χ3v) is 3.06. The minimum absolute atomic E-state index is 0.157. The van der Waals surface area contributed by atoms with Gasteiger partial charge in [0.25, 0.3) is 0 Å². The maximum absolute atomic E-state index is 9.65. The van der Waals surface area contributed by atoms with Crippen LogP contribution >= 0.6 is 35.8 Å². The van der Waals surface area contributed by atoms with E-state index in [9.17, 15) is 10.2 Å². The molecule has 0 aliphatic carbocycles. The van der Waals surface area contributed by atoms with Crippen LogP contribution in [0, 0.1) is 0 Å². The summed E-state index contributed by atoms with van der Waals surface area (Å²) in [7, 11) is 0. The Morgan fingerprint density at radius 3 is 2.50 bits per heavy atom. The van der Waals surface area contributed by atoms with Crippen LogP contribution in [0.25, 0.3) is 0 Å². The van der Waals surface area contributed by atoms with Crippen LogP contribution < -0.4 is 0 Å². The summed E-state index contributed by atoms with van der Waals surface area (Å²) in [5.41, 5.74) is 0.417. The number of hydrogen-bond acceptors (Lipinski definition) is 3. The van der Waals surface area contributed by atoms with E-state index in [2.05, 4.69) is 12.6 Å². The maximum Gasteiger partial charge on any atom is 0.107 e. The largest absolute Gasteiger partial charge is 0.389 e. The van der Waals surface area contributed by atoms with E-state index in [1.165, 1.54) is 0 Å². The van der Waals surface area contributed by atoms with Crippen LogP contribution in [-0.4, -0.2) is 22.1 Å². The standard InChI is InChI=1S/C9H10Cl2O2S/c10-6-3-1-2-5(8(6)11)9(13)7(12)4-14/h1-3,7,9,12-14H,4H2. The highest BCUT2D eigenvalue weighted by Gasteiger charge is 2.20. The van der Waals surface area contributed by atoms with Crippen LogP contribution in [-0.2, 0) is 0 Å². The number of halogens is 2. The fraction of sp³-hybridized carbons (Fsp3) is 0.333. The highest BCUT2D eigenvalue weighted by molar-refractivity contribution is 7.80. The summed E-state index contributed by atoms with van der Waals surface area (Å²) in [6.45, 7) is 0. The Morgan fingerprint density at radius 2 is 1.93 bits per heavy atom. The molecule has 0 amide bonds. The fourth-order valence-electron chi connectivity index (χ4n) is 1.06. The van der Waals surface area contributed by atoms with Gasteiger partial charge in [0, 0.05) is 11.3 Å². The molecule has 5 heteroatoms. The van der Waals surface area contributed by atoms with E-state index >= 15 is 0 Å². The van der Waals surface area contributed by atoms with Crippen LogP contribution in [0.3, 0.4) is 0 Å². The molecule has 2 atom stereocenters. The monoisotopic (exact) mass is 252 g/mol. The molecule has 0 saturated carbocycles. The van der Waals surface area contributed by atoms with E-state index in [0.29, 0.717) is 10.6 Å². The van der Waals surface area contributed by atoms with Crippen molar-refractivity contribution in [3.63, 3.8) is 0 Å². The van der Waals surface area contributed by atoms with Gasteiger partial charge in [-0.25, -0.2) is 0 Å². The van der Waals surface area contributed by atoms with E-state index in [4.69, 9.17) is 23.2 Å². The molecule has 14 heavy (non-hydrogen) atoms. The lowest BCUT2D eigenvalue weighted by Crippen LogP contribution is -2.20. The van der Waals surface area contributed by atoms with Crippen molar-refractivity contribution < 1.29 is 10.2 Å². The number of aliphatic hydroxyl groups excluding tert-OH is 2. The van der Waals surface area contributed by atoms with Gasteiger partial charge in [-0.15, -0.1) is 0 Å². The summed E-state index contributed by atoms with van der Waals surface area (Å²) in [6.07, 6.45) is -2.01. The maximum atomic E-state index is 9.65. The highest BCUT2D eigenvalue weighted by atomic mass is 35.5. The molecule has 0 spiro atoms. The zero-order chi connectivity index (χ0) is 10.7. The average molecular weight is 253 g/mol. The lowest BCUT2D eigenvalue weighted by molar-refractivity contribution is 0.0338. The van der Waals surface area contributed by atoms with Crippen LogP contribution in [0.4, 0.5) is 0 Å². The molecule has 1 aromatic carbocycles. The van der Waals surface area contributed by atoms with Crippen molar-refractivity contribution in [2.75, 3.05) is 5.75 Å². The molecule has 78 valence electrons. The summed E-state index contributed by atoms with van der Waals surface area (Å²) in [6, 6.07) is 4.90. The van der Waals surface area contributed by atoms with Gasteiger partial charge in [0.15, 0.2) is 0 Å². The number of aliphatic hydroxyl groups is 2. The molecule has 0 aliphatic heterocycles. The Hall–Kier alpha value is 0.0700. The first-order chi connectivity index (χ1) is 6.57. The Bertz CT molecular complexity index is 320. The molecule has 2 unspecified atom stereocenters. The molecular weight excluding hydrogens is 243 g/mol. The second kappa shape index (κ2) is 5.24. The lowest BCUT2D eigenvalue weighted by Gasteiger charge is -2.17. The molecule has 2 N–H and O–H groups in total. The first kappa shape index (κ1) is 12.1. The molecule has 0 saturated heterocycles. The molecule has 0 aromatic heterocycles. The van der Waals surface area contributed by atoms with Crippen molar-refractivity contribution in [3.05, 3.63) is 33.8 Å². The highest BCUT2D eigenvalue weighted by Crippen LogP contribution is 2.31. The molecular formula is C9H10Cl2O2S. The third kappa shape index (κ3) is 2.55. The van der Waals surface area contributed by atoms with Gasteiger partial charge in [0.05, 0.1) is 16.1 Å². The molecule has 0 fully saturated rings. The summed E-state index contributed by atoms with van der Waals surface area (Å²) < 4.78 is 0. The summed E-state index contributed by atoms with van der Waals surface area (Å²) >= 11 is 15.5. The van der Waals surface area contributed by atoms with Gasteiger partial charge in [-0.05, 0) is 6.07 Å². The van der Waals surface area contributed by atoms with E-state index in [-0.39, 0.29) is 10.8 Å². The molecule has 0 aliphatic rings. The van der Waals surface area contributed by atoms with Crippen LogP contribution in [0.15, 0.2) is 18.2 Å². The average Bonchev–Trinajstić information content (AvgIpc) is 2.20. The van der Waals surface area contributed by atoms with Crippen LogP contribution in [0.5, 0.6) is 0 Å². The second-order valence-electron chi connectivity index (χ2n) is 2.84. The van der Waals surface area contributed by atoms with Gasteiger partial charge in [0.1, 0.15) is 6.10 Å². The zero-order valence-corrected chi connectivity index (χ0v) is 9.60. The molecule has 0 bridgehead atoms. The summed E-state index contributed by atoms with van der Waals surface area (Å²) in [5, 5.41) is 19.6. The minimum Gasteiger partial charge on any atom is -0.389 e. The number of hydrogen-bond donors (Lipinski definition) is 3. The minimum atomic E-state index is -1.06. The number of thiol groups is 1. The quantitative estimate of drug-likeness (QED) is 0.723. The van der Waals surface area contributed by atoms with E-state index in [0.717, 1.165) is 0 Å². The lowest BCUT2D eigenvalue weighted by atomic mass is 10.1. The molecule has 2 nitrogen and oxygen atoms in total. The smallest absolute Gasteiger partial charge is 0.107 e. The van der Waals surface area contributed by atoms with E-state index < -0.39 is 12.2 Å². The van der Waals surface area contributed by atoms with Crippen molar-refractivity contribution in [3.8, 4) is 0 Å². The Kier molecular flexibility index (Phi) is 4.54. The van der Waals surface area contributed by atoms with Crippen molar-refractivity contribution in [2.45, 2.75) is 12.2 Å². The number of rotatable bonds is 3. The predicted molar refractivity (Wildman–Crippen MR) is 61.3 cm³/mol. The van der Waals surface area contributed by atoms with Crippen LogP contribution in [0.1, 0.15) is 11.7 Å². The van der Waals surface area contributed by atoms with Crippen molar-refractivity contribution >= 4 is 35.8 Å². The van der Waals surface area contributed by atoms with Crippen molar-refractivity contribution in [1.29, 1.82) is 0 Å². The van der Waals surface area contributed by atoms with Gasteiger partial charge in [0.2, 0.25) is 0 Å². The molecule has 0 radical (unpaired) electrons. The normalized spacial score (nSPS) is 15.2. The summed E-state index contributed by atoms with van der Waals surface area (Å²) in [4.78, 5) is 0. The fourth-order valence-corrected chi connectivity index (χ4v) is 1.68. The number of benzene rings is 1. The molecule has 1 rings (SSSR count). The topological polar surface area (TPSA) is 40.5 Å². The van der Waals surface area contributed by atoms with Gasteiger partial charge < -0.3 is 10.2 Å². The van der Waals surface area contributed by atoms with Crippen molar-refractivity contribution in [1.82, 2.24) is 0 Å². The van der Waals surface area contributed by atoms with Gasteiger partial charge in [-0.2, -0.15) is 12.6 Å². The second-order valence-corrected chi connectivity index (χ2v) is 3.99. The summed E-state index contributed by atoms with van der Waals surface area (Å²) in [5.74, 6) is 0.157. The van der Waals surface area contributed by atoms with Gasteiger partial charge in [-0.3, -0.25) is 0 Å². The SMILES string of the molecule is OC(CS)C(O)c1cccc(Cl)c1Cl. The molecule has 1 aromatic rings. The van der Waals surface area contributed by atoms with Gasteiger partial charge >= 0.3 is 0 Å². The first-order valence-electron chi connectivity index (χ1n) is 3.98. The zero-order valence-electron chi connectivity index (χ0n) is 7.19. The van der Waals surface area contributed by atoms with Gasteiger partial charge in [-0.1, -0.05) is 35.3 Å². The third-order valence-electron chi connectivity index (χ3n) is 1.85. The van der Waals surface area contributed by atoms with Crippen molar-refractivity contribution in [2.24, 2.45) is 0 Å². The van der Waals surface area contributed by atoms with Crippen LogP contribution in [0.2, 0.25) is 10.0 Å². The Morgan fingerprint density at radius 1 is 1.29 bits per heavy atom. The van der Waals surface area contributed by atoms with E-state index in [1.54, 1.807) is 18.2 Å². The van der Waals surface area contributed by atoms with E-state index in [1.807, 2.05) is 0 Å². The molecule has 0 heterocycles. The first-order valence-corrected chi connectivity index (χ1v) is 5.37.